The lowest BCUT2D eigenvalue weighted by atomic mass is 10.1. The van der Waals surface area contributed by atoms with Crippen LogP contribution in [0.2, 0.25) is 0 Å². The van der Waals surface area contributed by atoms with Crippen molar-refractivity contribution < 1.29 is 8.42 Å². The summed E-state index contributed by atoms with van der Waals surface area (Å²) in [7, 11) is -3.55. The average Bonchev–Trinajstić information content (AvgIpc) is 2.85. The van der Waals surface area contributed by atoms with E-state index in [9.17, 15) is 8.42 Å². The smallest absolute Gasteiger partial charge is 0.257 e. The lowest BCUT2D eigenvalue weighted by Crippen LogP contribution is -2.24. The van der Waals surface area contributed by atoms with E-state index in [1.165, 1.54) is 12.3 Å². The molecule has 0 aliphatic heterocycles. The highest BCUT2D eigenvalue weighted by Gasteiger charge is 2.15. The Morgan fingerprint density at radius 2 is 2.17 bits per heavy atom. The number of sulfonamides is 1. The van der Waals surface area contributed by atoms with Gasteiger partial charge in [0, 0.05) is 12.2 Å². The van der Waals surface area contributed by atoms with E-state index in [0.717, 1.165) is 11.1 Å². The molecule has 96 valence electrons. The van der Waals surface area contributed by atoms with Crippen molar-refractivity contribution in [3.8, 4) is 0 Å². The summed E-state index contributed by atoms with van der Waals surface area (Å²) >= 11 is 0. The van der Waals surface area contributed by atoms with E-state index >= 15 is 0 Å². The highest BCUT2D eigenvalue weighted by molar-refractivity contribution is 7.89. The summed E-state index contributed by atoms with van der Waals surface area (Å²) in [4.78, 5) is 0. The Hall–Kier alpha value is -1.86. The lowest BCUT2D eigenvalue weighted by molar-refractivity contribution is 0.577. The Balaban J connectivity index is 2.15. The molecule has 1 aromatic carbocycles. The van der Waals surface area contributed by atoms with Crippen molar-refractivity contribution in [2.75, 3.05) is 5.73 Å². The Labute approximate surface area is 105 Å². The predicted molar refractivity (Wildman–Crippen MR) is 68.2 cm³/mol. The van der Waals surface area contributed by atoms with Gasteiger partial charge in [-0.2, -0.15) is 5.10 Å². The molecule has 6 nitrogen and oxygen atoms in total. The van der Waals surface area contributed by atoms with Crippen molar-refractivity contribution in [2.24, 2.45) is 0 Å². The van der Waals surface area contributed by atoms with E-state index < -0.39 is 10.0 Å². The third-order valence-corrected chi connectivity index (χ3v) is 4.04. The van der Waals surface area contributed by atoms with Gasteiger partial charge < -0.3 is 5.73 Å². The highest BCUT2D eigenvalue weighted by Crippen LogP contribution is 2.15. The Kier molecular flexibility index (Phi) is 3.35. The molecule has 2 rings (SSSR count). The largest absolute Gasteiger partial charge is 0.399 e. The number of aromatic amines is 1. The number of nitrogens with two attached hydrogens (primary N) is 1. The van der Waals surface area contributed by atoms with Crippen molar-refractivity contribution in [3.63, 3.8) is 0 Å². The minimum Gasteiger partial charge on any atom is -0.399 e. The van der Waals surface area contributed by atoms with Crippen LogP contribution in [0.3, 0.4) is 0 Å². The van der Waals surface area contributed by atoms with Crippen LogP contribution < -0.4 is 10.5 Å². The molecule has 0 atom stereocenters. The van der Waals surface area contributed by atoms with Crippen LogP contribution in [0.4, 0.5) is 5.69 Å². The van der Waals surface area contributed by atoms with Crippen LogP contribution >= 0.6 is 0 Å². The molecule has 0 aliphatic carbocycles. The number of rotatable bonds is 4. The van der Waals surface area contributed by atoms with Gasteiger partial charge in [-0.25, -0.2) is 13.1 Å². The second kappa shape index (κ2) is 4.79. The Morgan fingerprint density at radius 3 is 2.83 bits per heavy atom. The van der Waals surface area contributed by atoms with Crippen LogP contribution in [0.1, 0.15) is 11.1 Å². The van der Waals surface area contributed by atoms with Crippen LogP contribution in [0.5, 0.6) is 0 Å². The standard InChI is InChI=1S/C11H14N4O2S/c1-8-9(3-2-4-10(8)12)7-14-18(16,17)11-5-6-13-15-11/h2-6,14H,7,12H2,1H3,(H,13,15). The zero-order chi connectivity index (χ0) is 13.2. The third kappa shape index (κ3) is 2.52. The van der Waals surface area contributed by atoms with Crippen molar-refractivity contribution in [1.82, 2.24) is 14.9 Å². The molecule has 0 amide bonds. The zero-order valence-electron chi connectivity index (χ0n) is 9.84. The fraction of sp³-hybridized carbons (Fsp3) is 0.182. The van der Waals surface area contributed by atoms with Crippen molar-refractivity contribution in [3.05, 3.63) is 41.6 Å². The van der Waals surface area contributed by atoms with E-state index in [4.69, 9.17) is 5.73 Å². The fourth-order valence-corrected chi connectivity index (χ4v) is 2.45. The van der Waals surface area contributed by atoms with Gasteiger partial charge in [0.1, 0.15) is 0 Å². The van der Waals surface area contributed by atoms with Gasteiger partial charge in [0.15, 0.2) is 5.03 Å². The number of H-pyrrole nitrogens is 1. The van der Waals surface area contributed by atoms with Gasteiger partial charge in [0.2, 0.25) is 0 Å². The van der Waals surface area contributed by atoms with Gasteiger partial charge in [0.05, 0.1) is 6.20 Å². The summed E-state index contributed by atoms with van der Waals surface area (Å²) < 4.78 is 26.2. The molecule has 0 bridgehead atoms. The summed E-state index contributed by atoms with van der Waals surface area (Å²) in [5, 5.41) is 6.07. The van der Waals surface area contributed by atoms with Gasteiger partial charge in [-0.1, -0.05) is 12.1 Å². The number of nitrogens with one attached hydrogen (secondary N) is 2. The maximum atomic E-state index is 11.8. The quantitative estimate of drug-likeness (QED) is 0.712. The average molecular weight is 266 g/mol. The third-order valence-electron chi connectivity index (χ3n) is 2.71. The molecule has 18 heavy (non-hydrogen) atoms. The first-order valence-corrected chi connectivity index (χ1v) is 6.82. The number of anilines is 1. The molecule has 1 heterocycles. The first-order valence-electron chi connectivity index (χ1n) is 5.34. The van der Waals surface area contributed by atoms with Crippen LogP contribution in [0.25, 0.3) is 0 Å². The maximum Gasteiger partial charge on any atom is 0.257 e. The lowest BCUT2D eigenvalue weighted by Gasteiger charge is -2.09. The topological polar surface area (TPSA) is 101 Å². The van der Waals surface area contributed by atoms with E-state index in [0.29, 0.717) is 5.69 Å². The molecular weight excluding hydrogens is 252 g/mol. The minimum atomic E-state index is -3.55. The van der Waals surface area contributed by atoms with Gasteiger partial charge in [-0.15, -0.1) is 0 Å². The second-order valence-corrected chi connectivity index (χ2v) is 5.61. The summed E-state index contributed by atoms with van der Waals surface area (Å²) in [5.74, 6) is 0. The Morgan fingerprint density at radius 1 is 1.39 bits per heavy atom. The minimum absolute atomic E-state index is 0.0454. The summed E-state index contributed by atoms with van der Waals surface area (Å²) in [5.41, 5.74) is 8.13. The van der Waals surface area contributed by atoms with E-state index in [1.807, 2.05) is 13.0 Å². The van der Waals surface area contributed by atoms with Crippen LogP contribution in [-0.4, -0.2) is 18.6 Å². The van der Waals surface area contributed by atoms with Gasteiger partial charge in [-0.3, -0.25) is 5.10 Å². The Bertz CT molecular complexity index is 635. The SMILES string of the molecule is Cc1c(N)cccc1CNS(=O)(=O)c1ccn[nH]1. The van der Waals surface area contributed by atoms with E-state index in [1.54, 1.807) is 12.1 Å². The molecule has 0 radical (unpaired) electrons. The number of hydrogen-bond donors (Lipinski definition) is 3. The molecule has 0 spiro atoms. The van der Waals surface area contributed by atoms with Crippen molar-refractivity contribution in [1.29, 1.82) is 0 Å². The van der Waals surface area contributed by atoms with Crippen molar-refractivity contribution >= 4 is 15.7 Å². The molecule has 7 heteroatoms. The zero-order valence-corrected chi connectivity index (χ0v) is 10.7. The van der Waals surface area contributed by atoms with Gasteiger partial charge >= 0.3 is 0 Å². The first kappa shape index (κ1) is 12.6. The molecule has 0 aliphatic rings. The van der Waals surface area contributed by atoms with Crippen molar-refractivity contribution in [2.45, 2.75) is 18.5 Å². The maximum absolute atomic E-state index is 11.8. The molecule has 0 fully saturated rings. The number of nitrogen functional groups attached to an aromatic ring is 1. The summed E-state index contributed by atoms with van der Waals surface area (Å²) in [6.45, 7) is 2.05. The second-order valence-electron chi connectivity index (χ2n) is 3.88. The molecule has 0 unspecified atom stereocenters. The number of hydrogen-bond acceptors (Lipinski definition) is 4. The van der Waals surface area contributed by atoms with E-state index in [2.05, 4.69) is 14.9 Å². The number of nitrogens with zero attached hydrogens (tertiary/aromatic N) is 1. The van der Waals surface area contributed by atoms with E-state index in [-0.39, 0.29) is 11.6 Å². The van der Waals surface area contributed by atoms with Gasteiger partial charge in [0.25, 0.3) is 10.0 Å². The first-order chi connectivity index (χ1) is 8.50. The number of aromatic nitrogens is 2. The fourth-order valence-electron chi connectivity index (χ4n) is 1.54. The molecule has 2 aromatic rings. The molecule has 1 aromatic heterocycles. The molecular formula is C11H14N4O2S. The normalized spacial score (nSPS) is 11.6. The highest BCUT2D eigenvalue weighted by atomic mass is 32.2. The summed E-state index contributed by atoms with van der Waals surface area (Å²) in [6, 6.07) is 6.81. The predicted octanol–water partition coefficient (Wildman–Crippen LogP) is 0.779. The number of benzene rings is 1. The van der Waals surface area contributed by atoms with Crippen LogP contribution in [0, 0.1) is 6.92 Å². The monoisotopic (exact) mass is 266 g/mol. The molecule has 0 saturated heterocycles. The van der Waals surface area contributed by atoms with Crippen LogP contribution in [0.15, 0.2) is 35.5 Å². The molecule has 4 N–H and O–H groups in total. The molecule has 0 saturated carbocycles. The summed E-state index contributed by atoms with van der Waals surface area (Å²) in [6.07, 6.45) is 1.39. The van der Waals surface area contributed by atoms with Gasteiger partial charge in [-0.05, 0) is 30.2 Å². The van der Waals surface area contributed by atoms with Crippen LogP contribution in [-0.2, 0) is 16.6 Å².